The molecule has 1 heterocycles. The van der Waals surface area contributed by atoms with Crippen molar-refractivity contribution in [1.29, 1.82) is 0 Å². The van der Waals surface area contributed by atoms with Gasteiger partial charge in [-0.2, -0.15) is 18.2 Å². The molecule has 0 radical (unpaired) electrons. The summed E-state index contributed by atoms with van der Waals surface area (Å²) in [7, 11) is 0. The van der Waals surface area contributed by atoms with Crippen LogP contribution in [0.15, 0.2) is 29.1 Å². The number of H-pyrrole nitrogens is 1. The summed E-state index contributed by atoms with van der Waals surface area (Å²) < 4.78 is 37.5. The van der Waals surface area contributed by atoms with Gasteiger partial charge in [0.25, 0.3) is 0 Å². The average Bonchev–Trinajstić information content (AvgIpc) is 2.15. The van der Waals surface area contributed by atoms with Gasteiger partial charge in [-0.3, -0.25) is 0 Å². The van der Waals surface area contributed by atoms with Gasteiger partial charge in [-0.25, -0.2) is 4.79 Å². The topological polar surface area (TPSA) is 45.8 Å². The number of benzene rings is 1. The van der Waals surface area contributed by atoms with E-state index in [1.807, 2.05) is 0 Å². The largest absolute Gasteiger partial charge is 0.432 e. The molecule has 1 aromatic carbocycles. The molecule has 15 heavy (non-hydrogen) atoms. The predicted octanol–water partition coefficient (Wildman–Crippen LogP) is 1.94. The monoisotopic (exact) mass is 214 g/mol. The smallest absolute Gasteiger partial charge is 0.301 e. The Labute approximate surface area is 81.6 Å². The van der Waals surface area contributed by atoms with Crippen molar-refractivity contribution in [2.24, 2.45) is 0 Å². The summed E-state index contributed by atoms with van der Waals surface area (Å²) in [5.74, 6) is 0. The van der Waals surface area contributed by atoms with E-state index in [4.69, 9.17) is 0 Å². The number of rotatable bonds is 0. The highest BCUT2D eigenvalue weighted by Crippen LogP contribution is 2.31. The lowest BCUT2D eigenvalue weighted by atomic mass is 10.2. The zero-order valence-corrected chi connectivity index (χ0v) is 7.30. The van der Waals surface area contributed by atoms with Gasteiger partial charge in [0.05, 0.1) is 5.52 Å². The van der Waals surface area contributed by atoms with Gasteiger partial charge >= 0.3 is 11.9 Å². The Bertz CT molecular complexity index is 559. The SMILES string of the molecule is O=c1nc2ccccc2c(C(F)(F)F)[nH]1. The molecule has 1 N–H and O–H groups in total. The fourth-order valence-corrected chi connectivity index (χ4v) is 1.32. The van der Waals surface area contributed by atoms with E-state index in [0.717, 1.165) is 0 Å². The van der Waals surface area contributed by atoms with Gasteiger partial charge in [-0.05, 0) is 6.07 Å². The Morgan fingerprint density at radius 2 is 1.87 bits per heavy atom. The van der Waals surface area contributed by atoms with Crippen molar-refractivity contribution >= 4 is 10.9 Å². The maximum atomic E-state index is 12.5. The quantitative estimate of drug-likeness (QED) is 0.728. The van der Waals surface area contributed by atoms with E-state index < -0.39 is 17.6 Å². The molecule has 2 rings (SSSR count). The predicted molar refractivity (Wildman–Crippen MR) is 47.4 cm³/mol. The molecule has 6 heteroatoms. The summed E-state index contributed by atoms with van der Waals surface area (Å²) in [4.78, 5) is 16.0. The molecular weight excluding hydrogens is 209 g/mol. The summed E-state index contributed by atoms with van der Waals surface area (Å²) >= 11 is 0. The van der Waals surface area contributed by atoms with E-state index in [1.165, 1.54) is 24.3 Å². The van der Waals surface area contributed by atoms with Gasteiger partial charge in [0.2, 0.25) is 0 Å². The molecule has 0 saturated heterocycles. The number of hydrogen-bond acceptors (Lipinski definition) is 2. The lowest BCUT2D eigenvalue weighted by Gasteiger charge is -2.08. The molecule has 1 aromatic heterocycles. The first-order valence-electron chi connectivity index (χ1n) is 4.05. The molecule has 0 aliphatic heterocycles. The number of para-hydroxylation sites is 1. The first kappa shape index (κ1) is 9.70. The fraction of sp³-hybridized carbons (Fsp3) is 0.111. The average molecular weight is 214 g/mol. The molecule has 3 nitrogen and oxygen atoms in total. The molecule has 0 fully saturated rings. The number of alkyl halides is 3. The highest BCUT2D eigenvalue weighted by atomic mass is 19.4. The van der Waals surface area contributed by atoms with Gasteiger partial charge in [0.1, 0.15) is 5.69 Å². The summed E-state index contributed by atoms with van der Waals surface area (Å²) in [5.41, 5.74) is -2.02. The van der Waals surface area contributed by atoms with Crippen LogP contribution in [0.2, 0.25) is 0 Å². The summed E-state index contributed by atoms with van der Waals surface area (Å²) in [5, 5.41) is -0.107. The Morgan fingerprint density at radius 3 is 2.53 bits per heavy atom. The Morgan fingerprint density at radius 1 is 1.20 bits per heavy atom. The minimum atomic E-state index is -4.58. The van der Waals surface area contributed by atoms with Crippen LogP contribution >= 0.6 is 0 Å². The maximum absolute atomic E-state index is 12.5. The molecular formula is C9H5F3N2O. The molecule has 0 aliphatic rings. The van der Waals surface area contributed by atoms with E-state index in [9.17, 15) is 18.0 Å². The third-order valence-electron chi connectivity index (χ3n) is 1.91. The summed E-state index contributed by atoms with van der Waals surface area (Å²) in [6.45, 7) is 0. The highest BCUT2D eigenvalue weighted by molar-refractivity contribution is 5.80. The van der Waals surface area contributed by atoms with E-state index in [1.54, 1.807) is 4.98 Å². The standard InChI is InChI=1S/C9H5F3N2O/c10-9(11,12)7-5-3-1-2-4-6(5)13-8(15)14-7/h1-4H,(H,13,14,15). The third kappa shape index (κ3) is 1.70. The lowest BCUT2D eigenvalue weighted by Crippen LogP contribution is -2.19. The van der Waals surface area contributed by atoms with E-state index in [2.05, 4.69) is 4.98 Å². The lowest BCUT2D eigenvalue weighted by molar-refractivity contribution is -0.140. The third-order valence-corrected chi connectivity index (χ3v) is 1.91. The van der Waals surface area contributed by atoms with Crippen molar-refractivity contribution in [3.8, 4) is 0 Å². The second-order valence-electron chi connectivity index (χ2n) is 2.93. The molecule has 0 aliphatic carbocycles. The second kappa shape index (κ2) is 3.08. The highest BCUT2D eigenvalue weighted by Gasteiger charge is 2.34. The number of fused-ring (bicyclic) bond motifs is 1. The van der Waals surface area contributed by atoms with Crippen LogP contribution in [0.1, 0.15) is 5.69 Å². The summed E-state index contributed by atoms with van der Waals surface area (Å²) in [6, 6.07) is 5.60. The van der Waals surface area contributed by atoms with Crippen LogP contribution in [0, 0.1) is 0 Å². The minimum absolute atomic E-state index is 0.0357. The van der Waals surface area contributed by atoms with E-state index >= 15 is 0 Å². The molecule has 0 bridgehead atoms. The molecule has 0 unspecified atom stereocenters. The first-order valence-corrected chi connectivity index (χ1v) is 4.05. The number of aromatic nitrogens is 2. The molecule has 0 amide bonds. The first-order chi connectivity index (χ1) is 6.98. The molecule has 0 saturated carbocycles. The van der Waals surface area contributed by atoms with Crippen LogP contribution in [0.4, 0.5) is 13.2 Å². The zero-order valence-electron chi connectivity index (χ0n) is 7.30. The number of nitrogens with one attached hydrogen (secondary N) is 1. The maximum Gasteiger partial charge on any atom is 0.432 e. The molecule has 78 valence electrons. The molecule has 0 atom stereocenters. The molecule has 2 aromatic rings. The number of halogens is 3. The van der Waals surface area contributed by atoms with Crippen molar-refractivity contribution in [3.63, 3.8) is 0 Å². The summed E-state index contributed by atoms with van der Waals surface area (Å²) in [6.07, 6.45) is -4.58. The van der Waals surface area contributed by atoms with Crippen molar-refractivity contribution in [2.75, 3.05) is 0 Å². The van der Waals surface area contributed by atoms with Crippen LogP contribution in [-0.2, 0) is 6.18 Å². The normalized spacial score (nSPS) is 11.9. The van der Waals surface area contributed by atoms with Crippen LogP contribution < -0.4 is 5.69 Å². The van der Waals surface area contributed by atoms with Crippen molar-refractivity contribution in [1.82, 2.24) is 9.97 Å². The molecule has 0 spiro atoms. The zero-order chi connectivity index (χ0) is 11.1. The van der Waals surface area contributed by atoms with Gasteiger partial charge in [-0.1, -0.05) is 18.2 Å². The van der Waals surface area contributed by atoms with Gasteiger partial charge in [0.15, 0.2) is 0 Å². The van der Waals surface area contributed by atoms with Crippen molar-refractivity contribution in [2.45, 2.75) is 6.18 Å². The van der Waals surface area contributed by atoms with Crippen LogP contribution in [0.5, 0.6) is 0 Å². The number of hydrogen-bond donors (Lipinski definition) is 1. The second-order valence-corrected chi connectivity index (χ2v) is 2.93. The van der Waals surface area contributed by atoms with Gasteiger partial charge < -0.3 is 4.98 Å². The minimum Gasteiger partial charge on any atom is -0.301 e. The number of aromatic amines is 1. The van der Waals surface area contributed by atoms with Crippen LogP contribution in [0.3, 0.4) is 0 Å². The number of nitrogens with zero attached hydrogens (tertiary/aromatic N) is 1. The van der Waals surface area contributed by atoms with Crippen LogP contribution in [0.25, 0.3) is 10.9 Å². The van der Waals surface area contributed by atoms with Crippen LogP contribution in [-0.4, -0.2) is 9.97 Å². The van der Waals surface area contributed by atoms with E-state index in [0.29, 0.717) is 0 Å². The van der Waals surface area contributed by atoms with Gasteiger partial charge in [0, 0.05) is 5.39 Å². The Balaban J connectivity index is 2.89. The Hall–Kier alpha value is -1.85. The van der Waals surface area contributed by atoms with Crippen molar-refractivity contribution < 1.29 is 13.2 Å². The van der Waals surface area contributed by atoms with Crippen molar-refractivity contribution in [3.05, 3.63) is 40.4 Å². The van der Waals surface area contributed by atoms with Gasteiger partial charge in [-0.15, -0.1) is 0 Å². The fourth-order valence-electron chi connectivity index (χ4n) is 1.32. The Kier molecular flexibility index (Phi) is 1.99. The van der Waals surface area contributed by atoms with E-state index in [-0.39, 0.29) is 10.9 Å².